The number of carbonyl (C=O) groups excluding carboxylic acids is 1. The first kappa shape index (κ1) is 17.9. The van der Waals surface area contributed by atoms with Gasteiger partial charge in [0.05, 0.1) is 16.4 Å². The van der Waals surface area contributed by atoms with Crippen LogP contribution in [0.15, 0.2) is 18.2 Å². The summed E-state index contributed by atoms with van der Waals surface area (Å²) in [7, 11) is 0. The van der Waals surface area contributed by atoms with Gasteiger partial charge in [0.15, 0.2) is 0 Å². The molecule has 1 atom stereocenters. The molecular formula is C14H17ClN2O5. The Morgan fingerprint density at radius 1 is 1.45 bits per heavy atom. The fourth-order valence-corrected chi connectivity index (χ4v) is 2.12. The normalized spacial score (nSPS) is 11.7. The van der Waals surface area contributed by atoms with Gasteiger partial charge in [0.1, 0.15) is 6.04 Å². The molecule has 0 fully saturated rings. The molecule has 0 aliphatic rings. The van der Waals surface area contributed by atoms with Crippen molar-refractivity contribution in [3.8, 4) is 0 Å². The summed E-state index contributed by atoms with van der Waals surface area (Å²) in [6, 6.07) is 2.86. The molecule has 1 aromatic rings. The summed E-state index contributed by atoms with van der Waals surface area (Å²) in [6.07, 6.45) is 1.74. The van der Waals surface area contributed by atoms with Crippen molar-refractivity contribution in [3.63, 3.8) is 0 Å². The predicted molar refractivity (Wildman–Crippen MR) is 80.9 cm³/mol. The quantitative estimate of drug-likeness (QED) is 0.563. The highest BCUT2D eigenvalue weighted by Crippen LogP contribution is 2.22. The number of unbranched alkanes of at least 4 members (excludes halogenated alkanes) is 1. The summed E-state index contributed by atoms with van der Waals surface area (Å²) in [5.41, 5.74) is 0.241. The Morgan fingerprint density at radius 3 is 2.64 bits per heavy atom. The van der Waals surface area contributed by atoms with Crippen molar-refractivity contribution in [1.29, 1.82) is 0 Å². The Hall–Kier alpha value is -2.15. The van der Waals surface area contributed by atoms with Crippen LogP contribution in [0.3, 0.4) is 0 Å². The smallest absolute Gasteiger partial charge is 0.326 e. The van der Waals surface area contributed by atoms with E-state index in [0.717, 1.165) is 12.5 Å². The molecule has 22 heavy (non-hydrogen) atoms. The van der Waals surface area contributed by atoms with Crippen molar-refractivity contribution >= 4 is 29.2 Å². The van der Waals surface area contributed by atoms with Crippen LogP contribution >= 0.6 is 11.6 Å². The van der Waals surface area contributed by atoms with Gasteiger partial charge in [-0.15, -0.1) is 0 Å². The van der Waals surface area contributed by atoms with E-state index < -0.39 is 22.8 Å². The van der Waals surface area contributed by atoms with Crippen molar-refractivity contribution < 1.29 is 19.6 Å². The van der Waals surface area contributed by atoms with Crippen LogP contribution in [0.25, 0.3) is 0 Å². The average molecular weight is 329 g/mol. The number of aliphatic carboxylic acids is 1. The second kappa shape index (κ2) is 8.33. The number of carboxylic acids is 1. The van der Waals surface area contributed by atoms with Crippen LogP contribution in [-0.4, -0.2) is 27.9 Å². The van der Waals surface area contributed by atoms with E-state index in [0.29, 0.717) is 18.4 Å². The molecule has 8 heteroatoms. The van der Waals surface area contributed by atoms with Gasteiger partial charge in [0.25, 0.3) is 5.69 Å². The van der Waals surface area contributed by atoms with Crippen molar-refractivity contribution in [2.24, 2.45) is 0 Å². The van der Waals surface area contributed by atoms with Gasteiger partial charge in [-0.1, -0.05) is 37.4 Å². The lowest BCUT2D eigenvalue weighted by Crippen LogP contribution is -2.41. The van der Waals surface area contributed by atoms with Gasteiger partial charge >= 0.3 is 5.97 Å². The largest absolute Gasteiger partial charge is 0.480 e. The van der Waals surface area contributed by atoms with E-state index in [2.05, 4.69) is 5.32 Å². The standard InChI is InChI=1S/C14H17ClN2O5/c1-2-3-4-12(14(19)20)16-13(18)7-9-5-6-10(17(21)22)8-11(9)15/h5-6,8,12H,2-4,7H2,1H3,(H,16,18)(H,19,20)/t12-/m0/s1. The molecule has 0 unspecified atom stereocenters. The summed E-state index contributed by atoms with van der Waals surface area (Å²) in [5, 5.41) is 22.2. The van der Waals surface area contributed by atoms with Crippen molar-refractivity contribution in [2.75, 3.05) is 0 Å². The number of hydrogen-bond acceptors (Lipinski definition) is 4. The maximum absolute atomic E-state index is 11.9. The van der Waals surface area contributed by atoms with E-state index in [9.17, 15) is 19.7 Å². The van der Waals surface area contributed by atoms with Crippen LogP contribution in [-0.2, 0) is 16.0 Å². The van der Waals surface area contributed by atoms with E-state index in [1.807, 2.05) is 6.92 Å². The Morgan fingerprint density at radius 2 is 2.14 bits per heavy atom. The highest BCUT2D eigenvalue weighted by Gasteiger charge is 2.20. The molecule has 0 spiro atoms. The number of carbonyl (C=O) groups is 2. The number of rotatable bonds is 8. The number of nitrogens with one attached hydrogen (secondary N) is 1. The minimum atomic E-state index is -1.09. The zero-order valence-electron chi connectivity index (χ0n) is 12.0. The fourth-order valence-electron chi connectivity index (χ4n) is 1.88. The number of non-ortho nitro benzene ring substituents is 1. The molecule has 120 valence electrons. The molecule has 0 aromatic heterocycles. The molecular weight excluding hydrogens is 312 g/mol. The third-order valence-corrected chi connectivity index (χ3v) is 3.43. The first-order valence-electron chi connectivity index (χ1n) is 6.80. The molecule has 1 rings (SSSR count). The van der Waals surface area contributed by atoms with Gasteiger partial charge in [0.2, 0.25) is 5.91 Å². The number of hydrogen-bond donors (Lipinski definition) is 2. The molecule has 1 amide bonds. The maximum atomic E-state index is 11.9. The maximum Gasteiger partial charge on any atom is 0.326 e. The summed E-state index contributed by atoms with van der Waals surface area (Å²) in [6.45, 7) is 1.93. The first-order chi connectivity index (χ1) is 10.3. The highest BCUT2D eigenvalue weighted by atomic mass is 35.5. The van der Waals surface area contributed by atoms with E-state index in [1.165, 1.54) is 12.1 Å². The van der Waals surface area contributed by atoms with Crippen LogP contribution in [0.5, 0.6) is 0 Å². The summed E-state index contributed by atoms with van der Waals surface area (Å²) in [4.78, 5) is 33.0. The highest BCUT2D eigenvalue weighted by molar-refractivity contribution is 6.31. The number of benzene rings is 1. The van der Waals surface area contributed by atoms with Crippen LogP contribution in [0.1, 0.15) is 31.7 Å². The Balaban J connectivity index is 2.71. The molecule has 0 aliphatic carbocycles. The van der Waals surface area contributed by atoms with Crippen LogP contribution in [0, 0.1) is 10.1 Å². The van der Waals surface area contributed by atoms with E-state index in [-0.39, 0.29) is 17.1 Å². The Kier molecular flexibility index (Phi) is 6.78. The number of nitrogens with zero attached hydrogens (tertiary/aromatic N) is 1. The Bertz CT molecular complexity index is 576. The predicted octanol–water partition coefficient (Wildman–Crippen LogP) is 2.55. The molecule has 0 heterocycles. The van der Waals surface area contributed by atoms with Gasteiger partial charge in [-0.05, 0) is 12.0 Å². The van der Waals surface area contributed by atoms with Crippen LogP contribution in [0.4, 0.5) is 5.69 Å². The summed E-state index contributed by atoms with van der Waals surface area (Å²) >= 11 is 5.90. The number of nitro groups is 1. The van der Waals surface area contributed by atoms with Crippen LogP contribution < -0.4 is 5.32 Å². The number of amides is 1. The topological polar surface area (TPSA) is 110 Å². The monoisotopic (exact) mass is 328 g/mol. The number of carboxylic acid groups (broad SMARTS) is 1. The SMILES string of the molecule is CCCC[C@H](NC(=O)Cc1ccc([N+](=O)[O-])cc1Cl)C(=O)O. The Labute approximate surface area is 132 Å². The van der Waals surface area contributed by atoms with Crippen molar-refractivity contribution in [2.45, 2.75) is 38.6 Å². The zero-order valence-corrected chi connectivity index (χ0v) is 12.8. The van der Waals surface area contributed by atoms with E-state index in [1.54, 1.807) is 0 Å². The molecule has 0 radical (unpaired) electrons. The number of nitro benzene ring substituents is 1. The van der Waals surface area contributed by atoms with Gasteiger partial charge in [-0.2, -0.15) is 0 Å². The molecule has 7 nitrogen and oxygen atoms in total. The molecule has 0 bridgehead atoms. The molecule has 0 aliphatic heterocycles. The minimum absolute atomic E-state index is 0.102. The third kappa shape index (κ3) is 5.33. The second-order valence-corrected chi connectivity index (χ2v) is 5.22. The third-order valence-electron chi connectivity index (χ3n) is 3.08. The van der Waals surface area contributed by atoms with Gasteiger partial charge in [0, 0.05) is 12.1 Å². The second-order valence-electron chi connectivity index (χ2n) is 4.81. The molecule has 0 saturated carbocycles. The zero-order chi connectivity index (χ0) is 16.7. The van der Waals surface area contributed by atoms with Gasteiger partial charge < -0.3 is 10.4 Å². The first-order valence-corrected chi connectivity index (χ1v) is 7.18. The molecule has 1 aromatic carbocycles. The van der Waals surface area contributed by atoms with Crippen molar-refractivity contribution in [3.05, 3.63) is 38.9 Å². The van der Waals surface area contributed by atoms with Gasteiger partial charge in [-0.3, -0.25) is 14.9 Å². The van der Waals surface area contributed by atoms with Gasteiger partial charge in [-0.25, -0.2) is 4.79 Å². The molecule has 0 saturated heterocycles. The lowest BCUT2D eigenvalue weighted by atomic mass is 10.1. The van der Waals surface area contributed by atoms with Crippen molar-refractivity contribution in [1.82, 2.24) is 5.32 Å². The number of halogens is 1. The van der Waals surface area contributed by atoms with E-state index >= 15 is 0 Å². The average Bonchev–Trinajstić information content (AvgIpc) is 2.45. The molecule has 2 N–H and O–H groups in total. The lowest BCUT2D eigenvalue weighted by Gasteiger charge is -2.14. The van der Waals surface area contributed by atoms with Crippen LogP contribution in [0.2, 0.25) is 5.02 Å². The minimum Gasteiger partial charge on any atom is -0.480 e. The van der Waals surface area contributed by atoms with E-state index in [4.69, 9.17) is 16.7 Å². The lowest BCUT2D eigenvalue weighted by molar-refractivity contribution is -0.384. The summed E-state index contributed by atoms with van der Waals surface area (Å²) in [5.74, 6) is -1.57. The fraction of sp³-hybridized carbons (Fsp3) is 0.429. The summed E-state index contributed by atoms with van der Waals surface area (Å²) < 4.78 is 0.